The molecule has 1 aliphatic rings. The van der Waals surface area contributed by atoms with Gasteiger partial charge in [-0.15, -0.1) is 0 Å². The van der Waals surface area contributed by atoms with Gasteiger partial charge in [0.25, 0.3) is 0 Å². The zero-order valence-electron chi connectivity index (χ0n) is 18.3. The Bertz CT molecular complexity index is 917. The van der Waals surface area contributed by atoms with Crippen molar-refractivity contribution in [3.8, 4) is 0 Å². The number of para-hydroxylation sites is 2. The second-order valence-electron chi connectivity index (χ2n) is 9.41. The normalized spacial score (nSPS) is 21.3. The van der Waals surface area contributed by atoms with Gasteiger partial charge in [0.2, 0.25) is 11.7 Å². The number of aromatic nitrogens is 2. The van der Waals surface area contributed by atoms with Gasteiger partial charge in [0.05, 0.1) is 11.0 Å². The van der Waals surface area contributed by atoms with E-state index in [0.717, 1.165) is 6.42 Å². The minimum Gasteiger partial charge on any atom is -0.356 e. The summed E-state index contributed by atoms with van der Waals surface area (Å²) in [5.41, 5.74) is 0.774. The maximum Gasteiger partial charge on any atom is 0.449 e. The lowest BCUT2D eigenvalue weighted by molar-refractivity contribution is -0.146. The highest BCUT2D eigenvalue weighted by molar-refractivity contribution is 5.77. The second-order valence-corrected chi connectivity index (χ2v) is 9.41. The van der Waals surface area contributed by atoms with Gasteiger partial charge in [0.1, 0.15) is 0 Å². The van der Waals surface area contributed by atoms with E-state index in [4.69, 9.17) is 0 Å². The van der Waals surface area contributed by atoms with Crippen LogP contribution in [0.5, 0.6) is 0 Å². The molecule has 0 spiro atoms. The maximum atomic E-state index is 13.4. The van der Waals surface area contributed by atoms with E-state index in [0.29, 0.717) is 29.9 Å². The lowest BCUT2D eigenvalue weighted by Gasteiger charge is -2.38. The summed E-state index contributed by atoms with van der Waals surface area (Å²) < 4.78 is 41.3. The lowest BCUT2D eigenvalue weighted by Crippen LogP contribution is -2.48. The van der Waals surface area contributed by atoms with E-state index in [1.54, 1.807) is 24.3 Å². The Balaban J connectivity index is 1.58. The molecule has 2 aromatic rings. The standard InChI is InChI=1S/C22H31F3N4O/c1-20(2)13-15(21(3,4)28(20)5)14-26-18(30)11-8-12-29-17-10-7-6-9-16(17)27-19(29)22(23,24)25/h6-7,9-10,15H,8,11-14H2,1-5H3,(H,26,30). The van der Waals surface area contributed by atoms with Crippen LogP contribution >= 0.6 is 0 Å². The molecule has 0 saturated carbocycles. The molecule has 1 aromatic carbocycles. The Labute approximate surface area is 175 Å². The molecule has 0 radical (unpaired) electrons. The fraction of sp³-hybridized carbons (Fsp3) is 0.636. The van der Waals surface area contributed by atoms with E-state index in [1.165, 1.54) is 4.57 Å². The molecular formula is C22H31F3N4O. The first-order valence-corrected chi connectivity index (χ1v) is 10.4. The number of carbonyl (C=O) groups excluding carboxylic acids is 1. The number of imidazole rings is 1. The molecule has 166 valence electrons. The van der Waals surface area contributed by atoms with Crippen molar-refractivity contribution in [2.24, 2.45) is 5.92 Å². The number of alkyl halides is 3. The molecule has 8 heteroatoms. The number of nitrogens with zero attached hydrogens (tertiary/aromatic N) is 3. The van der Waals surface area contributed by atoms with Crippen LogP contribution in [0.2, 0.25) is 0 Å². The van der Waals surface area contributed by atoms with E-state index in [9.17, 15) is 18.0 Å². The highest BCUT2D eigenvalue weighted by atomic mass is 19.4. The SMILES string of the molecule is CN1C(C)(C)CC(CNC(=O)CCCn2c(C(F)(F)F)nc3ccccc32)C1(C)C. The van der Waals surface area contributed by atoms with Gasteiger partial charge in [0.15, 0.2) is 0 Å². The molecule has 1 amide bonds. The Kier molecular flexibility index (Phi) is 5.93. The van der Waals surface area contributed by atoms with E-state index >= 15 is 0 Å². The quantitative estimate of drug-likeness (QED) is 0.745. The van der Waals surface area contributed by atoms with Crippen LogP contribution in [-0.4, -0.2) is 45.0 Å². The molecule has 30 heavy (non-hydrogen) atoms. The minimum atomic E-state index is -4.53. The van der Waals surface area contributed by atoms with E-state index in [-0.39, 0.29) is 30.0 Å². The monoisotopic (exact) mass is 424 g/mol. The molecule has 0 aliphatic carbocycles. The number of amides is 1. The molecule has 2 heterocycles. The third-order valence-electron chi connectivity index (χ3n) is 6.76. The van der Waals surface area contributed by atoms with Gasteiger partial charge in [-0.3, -0.25) is 9.69 Å². The smallest absolute Gasteiger partial charge is 0.356 e. The van der Waals surface area contributed by atoms with E-state index in [1.807, 2.05) is 0 Å². The summed E-state index contributed by atoms with van der Waals surface area (Å²) in [7, 11) is 2.11. The number of carbonyl (C=O) groups is 1. The van der Waals surface area contributed by atoms with Gasteiger partial charge in [0, 0.05) is 30.6 Å². The predicted octanol–water partition coefficient (Wildman–Crippen LogP) is 4.46. The van der Waals surface area contributed by atoms with Crippen molar-refractivity contribution in [3.05, 3.63) is 30.1 Å². The van der Waals surface area contributed by atoms with Crippen LogP contribution in [0.1, 0.15) is 52.8 Å². The van der Waals surface area contributed by atoms with Crippen LogP contribution in [0.4, 0.5) is 13.2 Å². The number of hydrogen-bond donors (Lipinski definition) is 1. The predicted molar refractivity (Wildman–Crippen MR) is 111 cm³/mol. The van der Waals surface area contributed by atoms with Crippen molar-refractivity contribution in [2.45, 2.75) is 70.8 Å². The van der Waals surface area contributed by atoms with E-state index in [2.05, 4.69) is 49.9 Å². The van der Waals surface area contributed by atoms with Gasteiger partial charge in [-0.05, 0) is 65.6 Å². The summed E-state index contributed by atoms with van der Waals surface area (Å²) >= 11 is 0. The van der Waals surface area contributed by atoms with Crippen molar-refractivity contribution in [1.29, 1.82) is 0 Å². The second kappa shape index (κ2) is 7.87. The zero-order valence-corrected chi connectivity index (χ0v) is 18.3. The number of rotatable bonds is 6. The van der Waals surface area contributed by atoms with E-state index < -0.39 is 12.0 Å². The van der Waals surface area contributed by atoms with Gasteiger partial charge in [-0.25, -0.2) is 4.98 Å². The average Bonchev–Trinajstić information content (AvgIpc) is 3.09. The molecular weight excluding hydrogens is 393 g/mol. The van der Waals surface area contributed by atoms with Crippen LogP contribution < -0.4 is 5.32 Å². The van der Waals surface area contributed by atoms with Crippen LogP contribution in [0, 0.1) is 5.92 Å². The summed E-state index contributed by atoms with van der Waals surface area (Å²) in [6.45, 7) is 9.42. The largest absolute Gasteiger partial charge is 0.449 e. The molecule has 0 bridgehead atoms. The van der Waals surface area contributed by atoms with Crippen LogP contribution in [-0.2, 0) is 17.5 Å². The summed E-state index contributed by atoms with van der Waals surface area (Å²) in [6.07, 6.45) is -3.06. The first kappa shape index (κ1) is 22.6. The van der Waals surface area contributed by atoms with Gasteiger partial charge < -0.3 is 9.88 Å². The fourth-order valence-electron chi connectivity index (χ4n) is 4.61. The number of aryl methyl sites for hydroxylation is 1. The number of nitrogens with one attached hydrogen (secondary N) is 1. The fourth-order valence-corrected chi connectivity index (χ4v) is 4.61. The Morgan fingerprint density at radius 1 is 1.23 bits per heavy atom. The number of likely N-dealkylation sites (tertiary alicyclic amines) is 1. The first-order chi connectivity index (χ1) is 13.8. The summed E-state index contributed by atoms with van der Waals surface area (Å²) in [5.74, 6) is -0.728. The molecule has 3 rings (SSSR count). The molecule has 1 unspecified atom stereocenters. The highest BCUT2D eigenvalue weighted by Crippen LogP contribution is 2.43. The molecule has 1 atom stereocenters. The molecule has 1 aromatic heterocycles. The highest BCUT2D eigenvalue weighted by Gasteiger charge is 2.48. The summed E-state index contributed by atoms with van der Waals surface area (Å²) in [4.78, 5) is 18.4. The molecule has 1 saturated heterocycles. The third-order valence-corrected chi connectivity index (χ3v) is 6.76. The molecule has 5 nitrogen and oxygen atoms in total. The third kappa shape index (κ3) is 4.33. The van der Waals surface area contributed by atoms with Crippen LogP contribution in [0.15, 0.2) is 24.3 Å². The number of hydrogen-bond acceptors (Lipinski definition) is 3. The van der Waals surface area contributed by atoms with Crippen molar-refractivity contribution >= 4 is 16.9 Å². The minimum absolute atomic E-state index is 0.0336. The van der Waals surface area contributed by atoms with Crippen LogP contribution in [0.3, 0.4) is 0 Å². The average molecular weight is 425 g/mol. The summed E-state index contributed by atoms with van der Waals surface area (Å²) in [6, 6.07) is 6.54. The molecule has 1 aliphatic heterocycles. The van der Waals surface area contributed by atoms with Crippen molar-refractivity contribution < 1.29 is 18.0 Å². The van der Waals surface area contributed by atoms with Crippen molar-refractivity contribution in [3.63, 3.8) is 0 Å². The lowest BCUT2D eigenvalue weighted by atomic mass is 9.87. The van der Waals surface area contributed by atoms with Crippen LogP contribution in [0.25, 0.3) is 11.0 Å². The Hall–Kier alpha value is -2.09. The van der Waals surface area contributed by atoms with Gasteiger partial charge in [-0.1, -0.05) is 12.1 Å². The number of fused-ring (bicyclic) bond motifs is 1. The number of halogens is 3. The Morgan fingerprint density at radius 2 is 1.90 bits per heavy atom. The maximum absolute atomic E-state index is 13.4. The number of benzene rings is 1. The van der Waals surface area contributed by atoms with Crippen molar-refractivity contribution in [2.75, 3.05) is 13.6 Å². The molecule has 1 fully saturated rings. The zero-order chi connectivity index (χ0) is 22.3. The van der Waals surface area contributed by atoms with Gasteiger partial charge in [-0.2, -0.15) is 13.2 Å². The van der Waals surface area contributed by atoms with Crippen molar-refractivity contribution in [1.82, 2.24) is 19.8 Å². The first-order valence-electron chi connectivity index (χ1n) is 10.4. The van der Waals surface area contributed by atoms with Gasteiger partial charge >= 0.3 is 6.18 Å². The Morgan fingerprint density at radius 3 is 2.50 bits per heavy atom. The topological polar surface area (TPSA) is 50.2 Å². The summed E-state index contributed by atoms with van der Waals surface area (Å²) in [5, 5.41) is 2.99. The molecule has 1 N–H and O–H groups in total.